The summed E-state index contributed by atoms with van der Waals surface area (Å²) in [6, 6.07) is 1.48. The number of nitrogen functional groups attached to an aromatic ring is 1. The highest BCUT2D eigenvalue weighted by Crippen LogP contribution is 2.40. The Morgan fingerprint density at radius 2 is 1.75 bits per heavy atom. The molecule has 1 aromatic heterocycles. The van der Waals surface area contributed by atoms with Crippen molar-refractivity contribution in [3.63, 3.8) is 0 Å². The molecule has 0 aromatic carbocycles. The maximum atomic E-state index is 5.61. The highest BCUT2D eigenvalue weighted by molar-refractivity contribution is 5.30. The fourth-order valence-corrected chi connectivity index (χ4v) is 3.18. The van der Waals surface area contributed by atoms with E-state index in [0.29, 0.717) is 11.6 Å². The summed E-state index contributed by atoms with van der Waals surface area (Å²) in [7, 11) is 2.25. The van der Waals surface area contributed by atoms with Crippen molar-refractivity contribution in [1.29, 1.82) is 0 Å². The molecule has 2 aliphatic heterocycles. The third-order valence-electron chi connectivity index (χ3n) is 4.16. The molecule has 0 radical (unpaired) electrons. The van der Waals surface area contributed by atoms with Gasteiger partial charge in [-0.15, -0.1) is 0 Å². The second-order valence-corrected chi connectivity index (χ2v) is 5.09. The number of rotatable bonds is 1. The smallest absolute Gasteiger partial charge is 0.131 e. The summed E-state index contributed by atoms with van der Waals surface area (Å²) in [5.74, 6) is 1.52. The van der Waals surface area contributed by atoms with Gasteiger partial charge in [0.05, 0.1) is 18.1 Å². The third kappa shape index (κ3) is 1.57. The van der Waals surface area contributed by atoms with E-state index in [1.807, 2.05) is 0 Å². The van der Waals surface area contributed by atoms with Crippen LogP contribution in [-0.2, 0) is 0 Å². The normalized spacial score (nSPS) is 34.2. The van der Waals surface area contributed by atoms with Crippen LogP contribution in [0.2, 0.25) is 0 Å². The van der Waals surface area contributed by atoms with E-state index in [-0.39, 0.29) is 0 Å². The first-order chi connectivity index (χ1) is 7.74. The molecule has 0 spiro atoms. The molecule has 4 nitrogen and oxygen atoms in total. The molecule has 3 rings (SSSR count). The Balaban J connectivity index is 1.80. The van der Waals surface area contributed by atoms with Crippen LogP contribution in [0.1, 0.15) is 37.4 Å². The minimum absolute atomic E-state index is 0.536. The second kappa shape index (κ2) is 3.70. The third-order valence-corrected chi connectivity index (χ3v) is 4.16. The zero-order valence-electron chi connectivity index (χ0n) is 9.63. The van der Waals surface area contributed by atoms with E-state index in [2.05, 4.69) is 21.9 Å². The van der Waals surface area contributed by atoms with Crippen LogP contribution in [0.3, 0.4) is 0 Å². The Bertz CT molecular complexity index is 361. The number of aromatic nitrogens is 2. The van der Waals surface area contributed by atoms with Crippen LogP contribution in [0.5, 0.6) is 0 Å². The Labute approximate surface area is 95.9 Å². The molecule has 2 unspecified atom stereocenters. The monoisotopic (exact) mass is 218 g/mol. The fraction of sp³-hybridized carbons (Fsp3) is 0.667. The number of hydrogen-bond donors (Lipinski definition) is 1. The molecule has 2 saturated heterocycles. The molecule has 2 aliphatic rings. The first kappa shape index (κ1) is 10.0. The first-order valence-corrected chi connectivity index (χ1v) is 6.03. The quantitative estimate of drug-likeness (QED) is 0.774. The van der Waals surface area contributed by atoms with Gasteiger partial charge in [0, 0.05) is 18.0 Å². The van der Waals surface area contributed by atoms with Crippen molar-refractivity contribution >= 4 is 5.69 Å². The van der Waals surface area contributed by atoms with Crippen molar-refractivity contribution in [2.24, 2.45) is 0 Å². The summed E-state index contributed by atoms with van der Waals surface area (Å²) in [5.41, 5.74) is 6.26. The maximum Gasteiger partial charge on any atom is 0.131 e. The van der Waals surface area contributed by atoms with Crippen molar-refractivity contribution in [1.82, 2.24) is 14.9 Å². The van der Waals surface area contributed by atoms with E-state index in [1.54, 1.807) is 12.4 Å². The number of piperidine rings is 1. The minimum Gasteiger partial charge on any atom is -0.396 e. The van der Waals surface area contributed by atoms with Crippen molar-refractivity contribution in [2.45, 2.75) is 43.7 Å². The summed E-state index contributed by atoms with van der Waals surface area (Å²) in [6.45, 7) is 0. The predicted octanol–water partition coefficient (Wildman–Crippen LogP) is 1.40. The van der Waals surface area contributed by atoms with E-state index in [4.69, 9.17) is 5.73 Å². The van der Waals surface area contributed by atoms with Gasteiger partial charge in [-0.3, -0.25) is 0 Å². The van der Waals surface area contributed by atoms with Gasteiger partial charge in [-0.25, -0.2) is 9.97 Å². The van der Waals surface area contributed by atoms with Gasteiger partial charge in [-0.05, 0) is 32.7 Å². The number of nitrogens with zero attached hydrogens (tertiary/aromatic N) is 3. The van der Waals surface area contributed by atoms with Crippen molar-refractivity contribution < 1.29 is 0 Å². The molecule has 2 N–H and O–H groups in total. The number of anilines is 1. The molecular formula is C12H18N4. The predicted molar refractivity (Wildman–Crippen MR) is 63.0 cm³/mol. The van der Waals surface area contributed by atoms with Crippen molar-refractivity contribution in [3.8, 4) is 0 Å². The van der Waals surface area contributed by atoms with Crippen molar-refractivity contribution in [3.05, 3.63) is 18.2 Å². The molecule has 1 aromatic rings. The van der Waals surface area contributed by atoms with E-state index in [1.165, 1.54) is 25.7 Å². The maximum absolute atomic E-state index is 5.61. The van der Waals surface area contributed by atoms with Crippen LogP contribution in [0, 0.1) is 0 Å². The molecule has 16 heavy (non-hydrogen) atoms. The summed E-state index contributed by atoms with van der Waals surface area (Å²) < 4.78 is 0. The molecule has 2 bridgehead atoms. The van der Waals surface area contributed by atoms with Crippen LogP contribution in [0.15, 0.2) is 12.4 Å². The molecule has 2 fully saturated rings. The van der Waals surface area contributed by atoms with E-state index in [0.717, 1.165) is 17.9 Å². The summed E-state index contributed by atoms with van der Waals surface area (Å²) in [6.07, 6.45) is 8.54. The van der Waals surface area contributed by atoms with E-state index >= 15 is 0 Å². The fourth-order valence-electron chi connectivity index (χ4n) is 3.18. The highest BCUT2D eigenvalue weighted by Gasteiger charge is 2.39. The van der Waals surface area contributed by atoms with Crippen LogP contribution < -0.4 is 5.73 Å². The van der Waals surface area contributed by atoms with Gasteiger partial charge < -0.3 is 10.6 Å². The van der Waals surface area contributed by atoms with Gasteiger partial charge in [0.1, 0.15) is 5.82 Å². The summed E-state index contributed by atoms with van der Waals surface area (Å²) in [5, 5.41) is 0. The average Bonchev–Trinajstić information content (AvgIpc) is 2.54. The summed E-state index contributed by atoms with van der Waals surface area (Å²) in [4.78, 5) is 11.3. The molecule has 2 atom stereocenters. The number of fused-ring (bicyclic) bond motifs is 2. The molecular weight excluding hydrogens is 200 g/mol. The lowest BCUT2D eigenvalue weighted by Crippen LogP contribution is -2.39. The van der Waals surface area contributed by atoms with Gasteiger partial charge >= 0.3 is 0 Å². The second-order valence-electron chi connectivity index (χ2n) is 5.09. The SMILES string of the molecule is CN1C2CCC1CC(c1ncc(N)cn1)C2. The van der Waals surface area contributed by atoms with Gasteiger partial charge in [-0.1, -0.05) is 0 Å². The molecule has 86 valence electrons. The Morgan fingerprint density at radius 3 is 2.31 bits per heavy atom. The van der Waals surface area contributed by atoms with Crippen LogP contribution in [-0.4, -0.2) is 34.0 Å². The van der Waals surface area contributed by atoms with Crippen LogP contribution in [0.4, 0.5) is 5.69 Å². The van der Waals surface area contributed by atoms with Gasteiger partial charge in [0.2, 0.25) is 0 Å². The lowest BCUT2D eigenvalue weighted by Gasteiger charge is -2.35. The Morgan fingerprint density at radius 1 is 1.19 bits per heavy atom. The van der Waals surface area contributed by atoms with Crippen molar-refractivity contribution in [2.75, 3.05) is 12.8 Å². The summed E-state index contributed by atoms with van der Waals surface area (Å²) >= 11 is 0. The van der Waals surface area contributed by atoms with Crippen LogP contribution in [0.25, 0.3) is 0 Å². The average molecular weight is 218 g/mol. The number of hydrogen-bond acceptors (Lipinski definition) is 4. The van der Waals surface area contributed by atoms with E-state index in [9.17, 15) is 0 Å². The van der Waals surface area contributed by atoms with Gasteiger partial charge in [-0.2, -0.15) is 0 Å². The topological polar surface area (TPSA) is 55.0 Å². The molecule has 4 heteroatoms. The molecule has 0 saturated carbocycles. The largest absolute Gasteiger partial charge is 0.396 e. The van der Waals surface area contributed by atoms with Crippen LogP contribution >= 0.6 is 0 Å². The highest BCUT2D eigenvalue weighted by atomic mass is 15.2. The van der Waals surface area contributed by atoms with Gasteiger partial charge in [0.15, 0.2) is 0 Å². The number of nitrogens with two attached hydrogens (primary N) is 1. The lowest BCUT2D eigenvalue weighted by molar-refractivity contribution is 0.159. The van der Waals surface area contributed by atoms with E-state index < -0.39 is 0 Å². The molecule has 0 aliphatic carbocycles. The Kier molecular flexibility index (Phi) is 2.32. The lowest BCUT2D eigenvalue weighted by atomic mass is 9.90. The van der Waals surface area contributed by atoms with Gasteiger partial charge in [0.25, 0.3) is 0 Å². The zero-order valence-corrected chi connectivity index (χ0v) is 9.63. The zero-order chi connectivity index (χ0) is 11.1. The first-order valence-electron chi connectivity index (χ1n) is 6.03. The minimum atomic E-state index is 0.536. The standard InChI is InChI=1S/C12H18N4/c1-16-10-2-3-11(16)5-8(4-10)12-14-6-9(13)7-15-12/h6-8,10-11H,2-5,13H2,1H3. The Hall–Kier alpha value is -1.16. The molecule has 3 heterocycles. The molecule has 0 amide bonds.